The largest absolute Gasteiger partial charge is 0.416 e. The van der Waals surface area contributed by atoms with Crippen LogP contribution in [-0.4, -0.2) is 46.5 Å². The Bertz CT molecular complexity index is 1100. The molecule has 3 aromatic rings. The number of hydrogen-bond donors (Lipinski definition) is 1. The van der Waals surface area contributed by atoms with Crippen molar-refractivity contribution in [1.29, 1.82) is 0 Å². The fraction of sp³-hybridized carbons (Fsp3) is 0.385. The standard InChI is InChI=1S/C26H29F3N4O/c1-32-17-23(31-19-32)24(34)30-18-25(21-8-3-2-4-9-21)12-15-33(16-13-25)14-11-20-7-5-6-10-22(20)26(27,28)29/h2-10,17,19H,11-16,18H2,1H3,(H,30,34). The number of nitrogens with one attached hydrogen (secondary N) is 1. The van der Waals surface area contributed by atoms with Crippen LogP contribution in [0.15, 0.2) is 67.1 Å². The summed E-state index contributed by atoms with van der Waals surface area (Å²) < 4.78 is 41.7. The van der Waals surface area contributed by atoms with E-state index in [0.29, 0.717) is 30.8 Å². The van der Waals surface area contributed by atoms with Crippen molar-refractivity contribution in [3.8, 4) is 0 Å². The molecule has 34 heavy (non-hydrogen) atoms. The molecule has 0 saturated carbocycles. The Morgan fingerprint density at radius 3 is 2.38 bits per heavy atom. The van der Waals surface area contributed by atoms with Gasteiger partial charge >= 0.3 is 6.18 Å². The summed E-state index contributed by atoms with van der Waals surface area (Å²) in [7, 11) is 1.82. The van der Waals surface area contributed by atoms with Crippen LogP contribution < -0.4 is 5.32 Å². The normalized spacial score (nSPS) is 16.4. The minimum Gasteiger partial charge on any atom is -0.350 e. The van der Waals surface area contributed by atoms with Gasteiger partial charge in [0, 0.05) is 31.7 Å². The van der Waals surface area contributed by atoms with Crippen LogP contribution >= 0.6 is 0 Å². The van der Waals surface area contributed by atoms with E-state index in [2.05, 4.69) is 27.3 Å². The van der Waals surface area contributed by atoms with Crippen molar-refractivity contribution >= 4 is 5.91 Å². The molecule has 2 aromatic carbocycles. The summed E-state index contributed by atoms with van der Waals surface area (Å²) in [6.07, 6.45) is 0.904. The molecule has 4 rings (SSSR count). The first-order chi connectivity index (χ1) is 16.3. The van der Waals surface area contributed by atoms with Crippen molar-refractivity contribution in [2.24, 2.45) is 7.05 Å². The second kappa shape index (κ2) is 10.0. The molecule has 1 fully saturated rings. The topological polar surface area (TPSA) is 50.2 Å². The summed E-state index contributed by atoms with van der Waals surface area (Å²) in [5.74, 6) is -0.206. The number of halogens is 3. The highest BCUT2D eigenvalue weighted by Gasteiger charge is 2.37. The highest BCUT2D eigenvalue weighted by atomic mass is 19.4. The van der Waals surface area contributed by atoms with E-state index >= 15 is 0 Å². The number of benzene rings is 2. The van der Waals surface area contributed by atoms with Gasteiger partial charge in [-0.05, 0) is 49.5 Å². The number of carbonyl (C=O) groups excluding carboxylic acids is 1. The molecular weight excluding hydrogens is 441 g/mol. The minimum absolute atomic E-state index is 0.206. The lowest BCUT2D eigenvalue weighted by Crippen LogP contribution is -2.49. The molecule has 1 aliphatic rings. The zero-order valence-electron chi connectivity index (χ0n) is 19.2. The first-order valence-corrected chi connectivity index (χ1v) is 11.5. The molecule has 8 heteroatoms. The van der Waals surface area contributed by atoms with Crippen LogP contribution in [0, 0.1) is 0 Å². The van der Waals surface area contributed by atoms with E-state index in [9.17, 15) is 18.0 Å². The van der Waals surface area contributed by atoms with Crippen molar-refractivity contribution in [3.63, 3.8) is 0 Å². The van der Waals surface area contributed by atoms with E-state index in [1.807, 2.05) is 25.2 Å². The molecule has 5 nitrogen and oxygen atoms in total. The summed E-state index contributed by atoms with van der Waals surface area (Å²) in [4.78, 5) is 19.0. The molecule has 1 aromatic heterocycles. The van der Waals surface area contributed by atoms with Crippen LogP contribution in [0.4, 0.5) is 13.2 Å². The van der Waals surface area contributed by atoms with Crippen molar-refractivity contribution in [2.45, 2.75) is 30.9 Å². The Morgan fingerprint density at radius 1 is 1.06 bits per heavy atom. The number of aromatic nitrogens is 2. The van der Waals surface area contributed by atoms with Crippen LogP contribution in [0.1, 0.15) is 40.0 Å². The number of nitrogens with zero attached hydrogens (tertiary/aromatic N) is 3. The maximum absolute atomic E-state index is 13.3. The lowest BCUT2D eigenvalue weighted by Gasteiger charge is -2.42. The van der Waals surface area contributed by atoms with E-state index in [-0.39, 0.29) is 11.3 Å². The Hall–Kier alpha value is -3.13. The first kappa shape index (κ1) is 24.0. The van der Waals surface area contributed by atoms with Crippen LogP contribution in [-0.2, 0) is 25.1 Å². The summed E-state index contributed by atoms with van der Waals surface area (Å²) in [6.45, 7) is 2.56. The average Bonchev–Trinajstić information content (AvgIpc) is 3.28. The predicted molar refractivity (Wildman–Crippen MR) is 124 cm³/mol. The molecule has 0 unspecified atom stereocenters. The van der Waals surface area contributed by atoms with Gasteiger partial charge in [0.15, 0.2) is 0 Å². The van der Waals surface area contributed by atoms with Gasteiger partial charge in [0.2, 0.25) is 0 Å². The number of alkyl halides is 3. The van der Waals surface area contributed by atoms with Gasteiger partial charge in [-0.15, -0.1) is 0 Å². The fourth-order valence-corrected chi connectivity index (χ4v) is 4.73. The second-order valence-electron chi connectivity index (χ2n) is 9.00. The van der Waals surface area contributed by atoms with Gasteiger partial charge in [0.05, 0.1) is 11.9 Å². The maximum atomic E-state index is 13.3. The number of piperidine rings is 1. The van der Waals surface area contributed by atoms with Gasteiger partial charge in [0.1, 0.15) is 5.69 Å². The molecule has 0 radical (unpaired) electrons. The van der Waals surface area contributed by atoms with Gasteiger partial charge in [-0.2, -0.15) is 13.2 Å². The molecule has 180 valence electrons. The molecule has 0 atom stereocenters. The summed E-state index contributed by atoms with van der Waals surface area (Å²) in [6, 6.07) is 15.9. The number of imidazole rings is 1. The Labute approximate surface area is 197 Å². The van der Waals surface area contributed by atoms with E-state index in [4.69, 9.17) is 0 Å². The number of amides is 1. The Kier molecular flexibility index (Phi) is 7.07. The minimum atomic E-state index is -4.34. The van der Waals surface area contributed by atoms with Crippen molar-refractivity contribution in [1.82, 2.24) is 19.8 Å². The summed E-state index contributed by atoms with van der Waals surface area (Å²) in [5.41, 5.74) is 1.09. The van der Waals surface area contributed by atoms with Crippen molar-refractivity contribution in [3.05, 3.63) is 89.5 Å². The maximum Gasteiger partial charge on any atom is 0.416 e. The van der Waals surface area contributed by atoms with E-state index in [1.54, 1.807) is 29.2 Å². The third-order valence-corrected chi connectivity index (χ3v) is 6.74. The van der Waals surface area contributed by atoms with E-state index in [1.165, 1.54) is 11.6 Å². The first-order valence-electron chi connectivity index (χ1n) is 11.5. The predicted octanol–water partition coefficient (Wildman–Crippen LogP) is 4.45. The molecule has 2 heterocycles. The molecule has 0 aliphatic carbocycles. The molecular formula is C26H29F3N4O. The van der Waals surface area contributed by atoms with Gasteiger partial charge in [-0.3, -0.25) is 4.79 Å². The van der Waals surface area contributed by atoms with Crippen LogP contribution in [0.2, 0.25) is 0 Å². The van der Waals surface area contributed by atoms with Crippen molar-refractivity contribution < 1.29 is 18.0 Å². The highest BCUT2D eigenvalue weighted by molar-refractivity contribution is 5.92. The van der Waals surface area contributed by atoms with Crippen molar-refractivity contribution in [2.75, 3.05) is 26.2 Å². The van der Waals surface area contributed by atoms with Crippen LogP contribution in [0.25, 0.3) is 0 Å². The number of aryl methyl sites for hydroxylation is 1. The molecule has 1 N–H and O–H groups in total. The molecule has 0 spiro atoms. The lowest BCUT2D eigenvalue weighted by atomic mass is 9.72. The molecule has 0 bridgehead atoms. The van der Waals surface area contributed by atoms with E-state index in [0.717, 1.165) is 32.0 Å². The molecule has 1 saturated heterocycles. The number of hydrogen-bond acceptors (Lipinski definition) is 3. The third-order valence-electron chi connectivity index (χ3n) is 6.74. The monoisotopic (exact) mass is 470 g/mol. The zero-order chi connectivity index (χ0) is 24.2. The second-order valence-corrected chi connectivity index (χ2v) is 9.00. The van der Waals surface area contributed by atoms with Gasteiger partial charge in [-0.25, -0.2) is 4.98 Å². The number of likely N-dealkylation sites (tertiary alicyclic amines) is 1. The van der Waals surface area contributed by atoms with Gasteiger partial charge in [-0.1, -0.05) is 48.5 Å². The number of carbonyl (C=O) groups is 1. The summed E-state index contributed by atoms with van der Waals surface area (Å²) in [5, 5.41) is 3.06. The Morgan fingerprint density at radius 2 is 1.74 bits per heavy atom. The number of rotatable bonds is 7. The average molecular weight is 471 g/mol. The summed E-state index contributed by atoms with van der Waals surface area (Å²) >= 11 is 0. The lowest BCUT2D eigenvalue weighted by molar-refractivity contribution is -0.138. The molecule has 1 aliphatic heterocycles. The Balaban J connectivity index is 1.41. The quantitative estimate of drug-likeness (QED) is 0.555. The van der Waals surface area contributed by atoms with Crippen LogP contribution in [0.5, 0.6) is 0 Å². The fourth-order valence-electron chi connectivity index (χ4n) is 4.73. The third kappa shape index (κ3) is 5.50. The van der Waals surface area contributed by atoms with Crippen LogP contribution in [0.3, 0.4) is 0 Å². The smallest absolute Gasteiger partial charge is 0.350 e. The SMILES string of the molecule is Cn1cnc(C(=O)NCC2(c3ccccc3)CCN(CCc3ccccc3C(F)(F)F)CC2)c1. The molecule has 1 amide bonds. The highest BCUT2D eigenvalue weighted by Crippen LogP contribution is 2.36. The van der Waals surface area contributed by atoms with Gasteiger partial charge in [0.25, 0.3) is 5.91 Å². The van der Waals surface area contributed by atoms with Gasteiger partial charge < -0.3 is 14.8 Å². The zero-order valence-corrected chi connectivity index (χ0v) is 19.2. The van der Waals surface area contributed by atoms with E-state index < -0.39 is 11.7 Å².